The fraction of sp³-hybridized carbons (Fsp3) is 0.100. The largest absolute Gasteiger partial charge is 0.497 e. The number of fused-ring (bicyclic) bond motifs is 1. The number of ether oxygens (including phenoxy) is 1. The molecule has 0 saturated heterocycles. The predicted octanol–water partition coefficient (Wildman–Crippen LogP) is 3.54. The zero-order valence-electron chi connectivity index (χ0n) is 15.3. The second-order valence-electron chi connectivity index (χ2n) is 6.26. The van der Waals surface area contributed by atoms with Crippen LogP contribution in [0.15, 0.2) is 71.6 Å². The first-order valence-corrected chi connectivity index (χ1v) is 10.0. The molecule has 0 aliphatic heterocycles. The highest BCUT2D eigenvalue weighted by Gasteiger charge is 2.16. The molecule has 0 radical (unpaired) electrons. The topological polar surface area (TPSA) is 86.1 Å². The molecular formula is C20H18N4O3S. The normalized spacial score (nSPS) is 11.5. The molecule has 0 spiro atoms. The van der Waals surface area contributed by atoms with Gasteiger partial charge in [0, 0.05) is 0 Å². The van der Waals surface area contributed by atoms with Crippen molar-refractivity contribution in [1.29, 1.82) is 0 Å². The van der Waals surface area contributed by atoms with Gasteiger partial charge in [-0.15, -0.1) is 10.2 Å². The molecule has 0 aliphatic carbocycles. The van der Waals surface area contributed by atoms with Gasteiger partial charge in [0.15, 0.2) is 0 Å². The van der Waals surface area contributed by atoms with Gasteiger partial charge < -0.3 is 4.74 Å². The molecule has 0 atom stereocenters. The second-order valence-corrected chi connectivity index (χ2v) is 7.94. The average molecular weight is 394 g/mol. The SMILES string of the molecule is COc1ccc(-n2nc3cc(C)c(NS(=O)(=O)c4ccccc4)cc3n2)cc1. The Morgan fingerprint density at radius 2 is 1.57 bits per heavy atom. The van der Waals surface area contributed by atoms with Gasteiger partial charge in [0.25, 0.3) is 10.0 Å². The zero-order chi connectivity index (χ0) is 19.7. The lowest BCUT2D eigenvalue weighted by Crippen LogP contribution is -2.13. The third-order valence-corrected chi connectivity index (χ3v) is 5.71. The number of hydrogen-bond donors (Lipinski definition) is 1. The number of nitrogens with zero attached hydrogens (tertiary/aromatic N) is 3. The molecule has 0 bridgehead atoms. The Balaban J connectivity index is 1.70. The van der Waals surface area contributed by atoms with Crippen LogP contribution >= 0.6 is 0 Å². The molecule has 28 heavy (non-hydrogen) atoms. The quantitative estimate of drug-likeness (QED) is 0.560. The number of anilines is 1. The summed E-state index contributed by atoms with van der Waals surface area (Å²) in [6.07, 6.45) is 0. The third kappa shape index (κ3) is 3.41. The van der Waals surface area contributed by atoms with E-state index in [0.717, 1.165) is 17.0 Å². The predicted molar refractivity (Wildman–Crippen MR) is 107 cm³/mol. The molecule has 1 aromatic heterocycles. The Labute approximate surface area is 162 Å². The van der Waals surface area contributed by atoms with E-state index in [2.05, 4.69) is 14.9 Å². The van der Waals surface area contributed by atoms with Crippen LogP contribution in [0.3, 0.4) is 0 Å². The van der Waals surface area contributed by atoms with Gasteiger partial charge in [-0.25, -0.2) is 8.42 Å². The van der Waals surface area contributed by atoms with Crippen molar-refractivity contribution in [3.05, 3.63) is 72.3 Å². The summed E-state index contributed by atoms with van der Waals surface area (Å²) >= 11 is 0. The van der Waals surface area contributed by atoms with Crippen LogP contribution in [0.5, 0.6) is 5.75 Å². The number of aromatic nitrogens is 3. The van der Waals surface area contributed by atoms with E-state index in [1.807, 2.05) is 37.3 Å². The van der Waals surface area contributed by atoms with Crippen molar-refractivity contribution in [3.8, 4) is 11.4 Å². The standard InChI is InChI=1S/C20H18N4O3S/c1-14-12-19-20(22-24(21-19)15-8-10-16(27-2)11-9-15)13-18(14)23-28(25,26)17-6-4-3-5-7-17/h3-13,23H,1-2H3. The fourth-order valence-electron chi connectivity index (χ4n) is 2.81. The Hall–Kier alpha value is -3.39. The monoisotopic (exact) mass is 394 g/mol. The van der Waals surface area contributed by atoms with Crippen molar-refractivity contribution in [3.63, 3.8) is 0 Å². The minimum atomic E-state index is -3.68. The van der Waals surface area contributed by atoms with Crippen LogP contribution in [0.1, 0.15) is 5.56 Å². The van der Waals surface area contributed by atoms with Gasteiger partial charge in [0.2, 0.25) is 0 Å². The van der Waals surface area contributed by atoms with Gasteiger partial charge in [-0.05, 0) is 61.0 Å². The Morgan fingerprint density at radius 3 is 2.21 bits per heavy atom. The van der Waals surface area contributed by atoms with E-state index < -0.39 is 10.0 Å². The summed E-state index contributed by atoms with van der Waals surface area (Å²) in [4.78, 5) is 1.72. The van der Waals surface area contributed by atoms with Crippen LogP contribution in [0, 0.1) is 6.92 Å². The van der Waals surface area contributed by atoms with E-state index in [9.17, 15) is 8.42 Å². The highest BCUT2D eigenvalue weighted by atomic mass is 32.2. The summed E-state index contributed by atoms with van der Waals surface area (Å²) in [7, 11) is -2.07. The highest BCUT2D eigenvalue weighted by Crippen LogP contribution is 2.25. The number of methoxy groups -OCH3 is 1. The minimum Gasteiger partial charge on any atom is -0.497 e. The molecule has 4 rings (SSSR count). The summed E-state index contributed by atoms with van der Waals surface area (Å²) in [6, 6.07) is 19.1. The smallest absolute Gasteiger partial charge is 0.261 e. The summed E-state index contributed by atoms with van der Waals surface area (Å²) < 4.78 is 33.0. The molecule has 0 saturated carbocycles. The van der Waals surface area contributed by atoms with Crippen LogP contribution in [-0.2, 0) is 10.0 Å². The number of benzene rings is 3. The molecule has 1 heterocycles. The molecule has 0 aliphatic rings. The van der Waals surface area contributed by atoms with Crippen molar-refractivity contribution in [2.24, 2.45) is 0 Å². The summed E-state index contributed by atoms with van der Waals surface area (Å²) in [5.74, 6) is 0.744. The number of nitrogens with one attached hydrogen (secondary N) is 1. The zero-order valence-corrected chi connectivity index (χ0v) is 16.1. The molecule has 8 heteroatoms. The number of rotatable bonds is 5. The van der Waals surface area contributed by atoms with Crippen molar-refractivity contribution in [1.82, 2.24) is 15.0 Å². The molecule has 142 valence electrons. The number of aryl methyl sites for hydroxylation is 1. The van der Waals surface area contributed by atoms with Gasteiger partial charge in [-0.3, -0.25) is 4.72 Å². The van der Waals surface area contributed by atoms with Gasteiger partial charge in [-0.1, -0.05) is 18.2 Å². The van der Waals surface area contributed by atoms with Gasteiger partial charge in [0.05, 0.1) is 23.4 Å². The fourth-order valence-corrected chi connectivity index (χ4v) is 3.95. The maximum absolute atomic E-state index is 12.6. The van der Waals surface area contributed by atoms with Gasteiger partial charge in [0.1, 0.15) is 16.8 Å². The first kappa shape index (κ1) is 18.0. The Bertz CT molecular complexity index is 1230. The van der Waals surface area contributed by atoms with Gasteiger partial charge >= 0.3 is 0 Å². The lowest BCUT2D eigenvalue weighted by molar-refractivity contribution is 0.414. The van der Waals surface area contributed by atoms with E-state index in [1.165, 1.54) is 4.80 Å². The average Bonchev–Trinajstić information content (AvgIpc) is 3.11. The van der Waals surface area contributed by atoms with Crippen molar-refractivity contribution in [2.75, 3.05) is 11.8 Å². The number of sulfonamides is 1. The lowest BCUT2D eigenvalue weighted by Gasteiger charge is -2.10. The summed E-state index contributed by atoms with van der Waals surface area (Å²) in [5.41, 5.74) is 3.27. The van der Waals surface area contributed by atoms with E-state index in [4.69, 9.17) is 4.74 Å². The van der Waals surface area contributed by atoms with Crippen molar-refractivity contribution >= 4 is 26.7 Å². The Kier molecular flexibility index (Phi) is 4.48. The first-order valence-electron chi connectivity index (χ1n) is 8.56. The van der Waals surface area contributed by atoms with Crippen LogP contribution in [-0.4, -0.2) is 30.5 Å². The maximum atomic E-state index is 12.6. The van der Waals surface area contributed by atoms with Crippen LogP contribution in [0.4, 0.5) is 5.69 Å². The van der Waals surface area contributed by atoms with E-state index in [0.29, 0.717) is 16.7 Å². The molecule has 1 N–H and O–H groups in total. The van der Waals surface area contributed by atoms with Crippen molar-refractivity contribution < 1.29 is 13.2 Å². The summed E-state index contributed by atoms with van der Waals surface area (Å²) in [6.45, 7) is 1.83. The van der Waals surface area contributed by atoms with Crippen LogP contribution in [0.2, 0.25) is 0 Å². The molecule has 0 unspecified atom stereocenters. The lowest BCUT2D eigenvalue weighted by atomic mass is 10.2. The highest BCUT2D eigenvalue weighted by molar-refractivity contribution is 7.92. The molecule has 7 nitrogen and oxygen atoms in total. The first-order chi connectivity index (χ1) is 13.5. The molecule has 3 aromatic carbocycles. The van der Waals surface area contributed by atoms with Gasteiger partial charge in [-0.2, -0.15) is 4.80 Å². The molecule has 0 fully saturated rings. The summed E-state index contributed by atoms with van der Waals surface area (Å²) in [5, 5.41) is 8.96. The Morgan fingerprint density at radius 1 is 0.929 bits per heavy atom. The van der Waals surface area contributed by atoms with Crippen LogP contribution in [0.25, 0.3) is 16.7 Å². The van der Waals surface area contributed by atoms with E-state index in [1.54, 1.807) is 43.5 Å². The molecule has 4 aromatic rings. The second kappa shape index (κ2) is 6.97. The molecular weight excluding hydrogens is 376 g/mol. The maximum Gasteiger partial charge on any atom is 0.261 e. The van der Waals surface area contributed by atoms with E-state index >= 15 is 0 Å². The number of hydrogen-bond acceptors (Lipinski definition) is 5. The van der Waals surface area contributed by atoms with E-state index in [-0.39, 0.29) is 4.90 Å². The molecule has 0 amide bonds. The van der Waals surface area contributed by atoms with Crippen LogP contribution < -0.4 is 9.46 Å². The minimum absolute atomic E-state index is 0.205. The van der Waals surface area contributed by atoms with Crippen molar-refractivity contribution in [2.45, 2.75) is 11.8 Å². The third-order valence-electron chi connectivity index (χ3n) is 4.33.